The van der Waals surface area contributed by atoms with E-state index in [1.807, 2.05) is 6.92 Å². The van der Waals surface area contributed by atoms with Crippen LogP contribution in [0.3, 0.4) is 0 Å². The number of alkyl halides is 3. The fourth-order valence-corrected chi connectivity index (χ4v) is 2.17. The molecule has 0 fully saturated rings. The number of ether oxygens (including phenoxy) is 2. The summed E-state index contributed by atoms with van der Waals surface area (Å²) in [6.07, 6.45) is -5.53. The maximum atomic E-state index is 12.7. The number of rotatable bonds is 6. The second-order valence-corrected chi connectivity index (χ2v) is 5.69. The summed E-state index contributed by atoms with van der Waals surface area (Å²) in [7, 11) is 0. The first-order chi connectivity index (χ1) is 13.2. The summed E-state index contributed by atoms with van der Waals surface area (Å²) >= 11 is 0. The SMILES string of the molecule is CCOc1ccc(O[C@H](C)C(=O)NNC(=O)c2cccc(C(F)(F)F)c2)cc1. The quantitative estimate of drug-likeness (QED) is 0.735. The molecule has 9 heteroatoms. The van der Waals surface area contributed by atoms with E-state index in [2.05, 4.69) is 10.9 Å². The molecule has 0 unspecified atom stereocenters. The minimum Gasteiger partial charge on any atom is -0.494 e. The molecule has 6 nitrogen and oxygen atoms in total. The van der Waals surface area contributed by atoms with E-state index < -0.39 is 29.7 Å². The third-order valence-corrected chi connectivity index (χ3v) is 3.57. The molecule has 0 aliphatic heterocycles. The van der Waals surface area contributed by atoms with Crippen molar-refractivity contribution in [3.8, 4) is 11.5 Å². The number of hydrogen-bond donors (Lipinski definition) is 2. The van der Waals surface area contributed by atoms with Gasteiger partial charge in [0, 0.05) is 5.56 Å². The van der Waals surface area contributed by atoms with Crippen molar-refractivity contribution >= 4 is 11.8 Å². The van der Waals surface area contributed by atoms with Gasteiger partial charge in [-0.15, -0.1) is 0 Å². The van der Waals surface area contributed by atoms with Gasteiger partial charge < -0.3 is 9.47 Å². The fraction of sp³-hybridized carbons (Fsp3) is 0.263. The predicted octanol–water partition coefficient (Wildman–Crippen LogP) is 3.33. The van der Waals surface area contributed by atoms with E-state index in [-0.39, 0.29) is 5.56 Å². The zero-order valence-corrected chi connectivity index (χ0v) is 15.2. The van der Waals surface area contributed by atoms with Crippen LogP contribution in [0, 0.1) is 0 Å². The topological polar surface area (TPSA) is 76.7 Å². The molecule has 0 aliphatic rings. The van der Waals surface area contributed by atoms with Gasteiger partial charge in [0.1, 0.15) is 11.5 Å². The molecule has 2 aromatic carbocycles. The molecule has 0 spiro atoms. The molecule has 2 N–H and O–H groups in total. The maximum Gasteiger partial charge on any atom is 0.416 e. The predicted molar refractivity (Wildman–Crippen MR) is 94.8 cm³/mol. The largest absolute Gasteiger partial charge is 0.494 e. The Labute approximate surface area is 159 Å². The van der Waals surface area contributed by atoms with Crippen LogP contribution in [0.2, 0.25) is 0 Å². The Hall–Kier alpha value is -3.23. The number of amides is 2. The van der Waals surface area contributed by atoms with Crippen LogP contribution in [0.4, 0.5) is 13.2 Å². The molecule has 0 saturated carbocycles. The Morgan fingerprint density at radius 1 is 1.04 bits per heavy atom. The highest BCUT2D eigenvalue weighted by Crippen LogP contribution is 2.29. The second-order valence-electron chi connectivity index (χ2n) is 5.69. The van der Waals surface area contributed by atoms with Gasteiger partial charge in [0.2, 0.25) is 0 Å². The van der Waals surface area contributed by atoms with Crippen LogP contribution >= 0.6 is 0 Å². The number of nitrogens with one attached hydrogen (secondary N) is 2. The first kappa shape index (κ1) is 21.1. The third-order valence-electron chi connectivity index (χ3n) is 3.57. The first-order valence-electron chi connectivity index (χ1n) is 8.37. The smallest absolute Gasteiger partial charge is 0.416 e. The van der Waals surface area contributed by atoms with Gasteiger partial charge in [0.15, 0.2) is 6.10 Å². The summed E-state index contributed by atoms with van der Waals surface area (Å²) in [6.45, 7) is 3.83. The van der Waals surface area contributed by atoms with Crippen LogP contribution in [0.15, 0.2) is 48.5 Å². The molecule has 0 radical (unpaired) electrons. The molecular weight excluding hydrogens is 377 g/mol. The molecule has 28 heavy (non-hydrogen) atoms. The monoisotopic (exact) mass is 396 g/mol. The van der Waals surface area contributed by atoms with E-state index in [4.69, 9.17) is 9.47 Å². The van der Waals surface area contributed by atoms with Gasteiger partial charge in [-0.05, 0) is 56.3 Å². The van der Waals surface area contributed by atoms with Gasteiger partial charge in [-0.25, -0.2) is 0 Å². The summed E-state index contributed by atoms with van der Waals surface area (Å²) in [6, 6.07) is 10.5. The van der Waals surface area contributed by atoms with Crippen LogP contribution in [0.5, 0.6) is 11.5 Å². The summed E-state index contributed by atoms with van der Waals surface area (Å²) in [5.41, 5.74) is 2.99. The van der Waals surface area contributed by atoms with Crippen molar-refractivity contribution in [1.82, 2.24) is 10.9 Å². The van der Waals surface area contributed by atoms with Crippen molar-refractivity contribution in [1.29, 1.82) is 0 Å². The number of carbonyl (C=O) groups excluding carboxylic acids is 2. The van der Waals surface area contributed by atoms with Crippen molar-refractivity contribution in [3.05, 3.63) is 59.7 Å². The normalized spacial score (nSPS) is 12.0. The van der Waals surface area contributed by atoms with Crippen LogP contribution in [-0.2, 0) is 11.0 Å². The zero-order valence-electron chi connectivity index (χ0n) is 15.2. The molecule has 2 amide bonds. The van der Waals surface area contributed by atoms with Gasteiger partial charge in [-0.3, -0.25) is 20.4 Å². The van der Waals surface area contributed by atoms with E-state index in [1.165, 1.54) is 13.0 Å². The lowest BCUT2D eigenvalue weighted by atomic mass is 10.1. The minimum absolute atomic E-state index is 0.241. The third kappa shape index (κ3) is 5.90. The fourth-order valence-electron chi connectivity index (χ4n) is 2.17. The lowest BCUT2D eigenvalue weighted by molar-refractivity contribution is -0.137. The highest BCUT2D eigenvalue weighted by Gasteiger charge is 2.31. The van der Waals surface area contributed by atoms with Crippen LogP contribution in [-0.4, -0.2) is 24.5 Å². The van der Waals surface area contributed by atoms with Crippen molar-refractivity contribution in [2.45, 2.75) is 26.1 Å². The van der Waals surface area contributed by atoms with Crippen LogP contribution in [0.25, 0.3) is 0 Å². The Morgan fingerprint density at radius 3 is 2.29 bits per heavy atom. The highest BCUT2D eigenvalue weighted by molar-refractivity contribution is 5.95. The average Bonchev–Trinajstić information content (AvgIpc) is 2.67. The molecule has 150 valence electrons. The standard InChI is InChI=1S/C19H19F3N2O4/c1-3-27-15-7-9-16(10-8-15)28-12(2)17(25)23-24-18(26)13-5-4-6-14(11-13)19(20,21)22/h4-12H,3H2,1-2H3,(H,23,25)(H,24,26)/t12-/m1/s1. The van der Waals surface area contributed by atoms with E-state index >= 15 is 0 Å². The van der Waals surface area contributed by atoms with Gasteiger partial charge in [-0.1, -0.05) is 6.07 Å². The molecule has 0 heterocycles. The summed E-state index contributed by atoms with van der Waals surface area (Å²) in [5.74, 6) is -0.488. The molecule has 0 aliphatic carbocycles. The minimum atomic E-state index is -4.57. The number of benzene rings is 2. The molecule has 0 bridgehead atoms. The summed E-state index contributed by atoms with van der Waals surface area (Å²) in [4.78, 5) is 24.0. The summed E-state index contributed by atoms with van der Waals surface area (Å²) < 4.78 is 48.8. The zero-order chi connectivity index (χ0) is 20.7. The molecule has 0 aromatic heterocycles. The van der Waals surface area contributed by atoms with E-state index in [0.29, 0.717) is 24.2 Å². The van der Waals surface area contributed by atoms with Gasteiger partial charge in [-0.2, -0.15) is 13.2 Å². The Balaban J connectivity index is 1.89. The van der Waals surface area contributed by atoms with Gasteiger partial charge >= 0.3 is 6.18 Å². The van der Waals surface area contributed by atoms with Crippen molar-refractivity contribution < 1.29 is 32.2 Å². The van der Waals surface area contributed by atoms with E-state index in [1.54, 1.807) is 24.3 Å². The number of hydrogen-bond acceptors (Lipinski definition) is 4. The number of halogens is 3. The lowest BCUT2D eigenvalue weighted by Crippen LogP contribution is -2.47. The molecule has 1 atom stereocenters. The number of hydrazine groups is 1. The van der Waals surface area contributed by atoms with E-state index in [0.717, 1.165) is 12.1 Å². The molecular formula is C19H19F3N2O4. The Morgan fingerprint density at radius 2 is 1.68 bits per heavy atom. The second kappa shape index (κ2) is 9.12. The lowest BCUT2D eigenvalue weighted by Gasteiger charge is -2.15. The van der Waals surface area contributed by atoms with Gasteiger partial charge in [0.25, 0.3) is 11.8 Å². The molecule has 0 saturated heterocycles. The van der Waals surface area contributed by atoms with Crippen molar-refractivity contribution in [2.24, 2.45) is 0 Å². The highest BCUT2D eigenvalue weighted by atomic mass is 19.4. The van der Waals surface area contributed by atoms with Crippen molar-refractivity contribution in [3.63, 3.8) is 0 Å². The average molecular weight is 396 g/mol. The molecule has 2 rings (SSSR count). The summed E-state index contributed by atoms with van der Waals surface area (Å²) in [5, 5.41) is 0. The maximum absolute atomic E-state index is 12.7. The number of carbonyl (C=O) groups is 2. The van der Waals surface area contributed by atoms with Crippen LogP contribution in [0.1, 0.15) is 29.8 Å². The van der Waals surface area contributed by atoms with Crippen molar-refractivity contribution in [2.75, 3.05) is 6.61 Å². The van der Waals surface area contributed by atoms with Crippen LogP contribution < -0.4 is 20.3 Å². The van der Waals surface area contributed by atoms with Gasteiger partial charge in [0.05, 0.1) is 12.2 Å². The van der Waals surface area contributed by atoms with E-state index in [9.17, 15) is 22.8 Å². The Kier molecular flexibility index (Phi) is 6.86. The Bertz CT molecular complexity index is 823. The first-order valence-corrected chi connectivity index (χ1v) is 8.37. The molecule has 2 aromatic rings.